The summed E-state index contributed by atoms with van der Waals surface area (Å²) in [4.78, 5) is 14.3. The Kier molecular flexibility index (Phi) is 6.67. The number of carbonyl (C=O) groups is 1. The lowest BCUT2D eigenvalue weighted by Gasteiger charge is -2.37. The average molecular weight is 321 g/mol. The van der Waals surface area contributed by atoms with E-state index in [-0.39, 0.29) is 18.2 Å². The van der Waals surface area contributed by atoms with Crippen LogP contribution in [-0.4, -0.2) is 51.6 Å². The molecule has 0 aliphatic carbocycles. The first kappa shape index (κ1) is 17.6. The van der Waals surface area contributed by atoms with Gasteiger partial charge in [0.2, 0.25) is 0 Å². The first-order chi connectivity index (χ1) is 11.1. The topological polar surface area (TPSA) is 62.8 Å². The third-order valence-electron chi connectivity index (χ3n) is 3.72. The summed E-state index contributed by atoms with van der Waals surface area (Å²) < 4.78 is 10.8. The van der Waals surface area contributed by atoms with E-state index in [0.717, 1.165) is 30.9 Å². The number of benzene rings is 1. The number of amides is 2. The highest BCUT2D eigenvalue weighted by atomic mass is 16.5. The monoisotopic (exact) mass is 321 g/mol. The Morgan fingerprint density at radius 1 is 1.30 bits per heavy atom. The van der Waals surface area contributed by atoms with Crippen molar-refractivity contribution in [3.8, 4) is 0 Å². The first-order valence-electron chi connectivity index (χ1n) is 8.13. The molecule has 1 saturated heterocycles. The Hall–Kier alpha value is -1.79. The van der Waals surface area contributed by atoms with Crippen molar-refractivity contribution in [2.24, 2.45) is 0 Å². The molecule has 1 fully saturated rings. The molecule has 2 N–H and O–H groups in total. The highest BCUT2D eigenvalue weighted by molar-refractivity contribution is 5.93. The number of morpholine rings is 1. The minimum absolute atomic E-state index is 0.176. The number of ether oxygens (including phenoxy) is 2. The first-order valence-corrected chi connectivity index (χ1v) is 8.13. The van der Waals surface area contributed by atoms with Gasteiger partial charge in [0.15, 0.2) is 0 Å². The van der Waals surface area contributed by atoms with Crippen LogP contribution in [0.15, 0.2) is 24.3 Å². The Bertz CT molecular complexity index is 500. The lowest BCUT2D eigenvalue weighted by atomic mass is 10.1. The largest absolute Gasteiger partial charge is 0.385 e. The maximum absolute atomic E-state index is 12.0. The fourth-order valence-electron chi connectivity index (χ4n) is 2.81. The lowest BCUT2D eigenvalue weighted by molar-refractivity contribution is -0.00517. The normalized spacial score (nSPS) is 21.1. The Morgan fingerprint density at radius 2 is 2.00 bits per heavy atom. The summed E-state index contributed by atoms with van der Waals surface area (Å²) in [6, 6.07) is 7.68. The Morgan fingerprint density at radius 3 is 2.70 bits per heavy atom. The highest BCUT2D eigenvalue weighted by Crippen LogP contribution is 2.28. The zero-order valence-corrected chi connectivity index (χ0v) is 14.2. The smallest absolute Gasteiger partial charge is 0.319 e. The van der Waals surface area contributed by atoms with E-state index in [1.807, 2.05) is 24.3 Å². The van der Waals surface area contributed by atoms with Gasteiger partial charge in [-0.25, -0.2) is 4.79 Å². The van der Waals surface area contributed by atoms with Crippen molar-refractivity contribution in [2.75, 3.05) is 43.6 Å². The molecule has 6 heteroatoms. The van der Waals surface area contributed by atoms with Crippen LogP contribution in [0.1, 0.15) is 20.3 Å². The summed E-state index contributed by atoms with van der Waals surface area (Å²) in [6.07, 6.45) is 1.15. The third-order valence-corrected chi connectivity index (χ3v) is 3.72. The van der Waals surface area contributed by atoms with Gasteiger partial charge in [0, 0.05) is 33.4 Å². The number of rotatable bonds is 6. The van der Waals surface area contributed by atoms with Gasteiger partial charge in [0.05, 0.1) is 23.6 Å². The van der Waals surface area contributed by atoms with Crippen molar-refractivity contribution in [3.05, 3.63) is 24.3 Å². The highest BCUT2D eigenvalue weighted by Gasteiger charge is 2.24. The number of carbonyl (C=O) groups excluding carboxylic acids is 1. The summed E-state index contributed by atoms with van der Waals surface area (Å²) in [7, 11) is 1.65. The molecule has 0 spiro atoms. The van der Waals surface area contributed by atoms with Gasteiger partial charge in [-0.2, -0.15) is 0 Å². The number of para-hydroxylation sites is 2. The van der Waals surface area contributed by atoms with Gasteiger partial charge >= 0.3 is 6.03 Å². The number of urea groups is 1. The van der Waals surface area contributed by atoms with Crippen LogP contribution in [0.4, 0.5) is 16.2 Å². The molecule has 2 rings (SSSR count). The molecule has 1 aliphatic heterocycles. The van der Waals surface area contributed by atoms with Gasteiger partial charge in [-0.15, -0.1) is 0 Å². The van der Waals surface area contributed by atoms with Gasteiger partial charge in [-0.05, 0) is 32.4 Å². The predicted octanol–water partition coefficient (Wildman–Crippen LogP) is 2.46. The number of nitrogens with zero attached hydrogens (tertiary/aromatic N) is 1. The van der Waals surface area contributed by atoms with Crippen LogP contribution < -0.4 is 15.5 Å². The standard InChI is InChI=1S/C17H27N3O3/c1-13-11-20(12-14(2)23-13)16-8-5-4-7-15(16)19-17(21)18-9-6-10-22-3/h4-5,7-8,13-14H,6,9-12H2,1-3H3,(H2,18,19,21). The maximum atomic E-state index is 12.0. The summed E-state index contributed by atoms with van der Waals surface area (Å²) in [6.45, 7) is 7.01. The molecule has 2 amide bonds. The molecule has 1 heterocycles. The van der Waals surface area contributed by atoms with Crippen LogP contribution in [-0.2, 0) is 9.47 Å². The van der Waals surface area contributed by atoms with E-state index in [1.165, 1.54) is 0 Å². The number of hydrogen-bond donors (Lipinski definition) is 2. The van der Waals surface area contributed by atoms with Crippen LogP contribution in [0, 0.1) is 0 Å². The van der Waals surface area contributed by atoms with Crippen molar-refractivity contribution < 1.29 is 14.3 Å². The molecular formula is C17H27N3O3. The number of nitrogens with one attached hydrogen (secondary N) is 2. The van der Waals surface area contributed by atoms with Crippen molar-refractivity contribution in [1.82, 2.24) is 5.32 Å². The third kappa shape index (κ3) is 5.41. The molecule has 1 aliphatic rings. The van der Waals surface area contributed by atoms with Crippen LogP contribution in [0.25, 0.3) is 0 Å². The molecule has 6 nitrogen and oxygen atoms in total. The summed E-state index contributed by atoms with van der Waals surface area (Å²) in [5.74, 6) is 0. The van der Waals surface area contributed by atoms with Crippen LogP contribution in [0.3, 0.4) is 0 Å². The maximum Gasteiger partial charge on any atom is 0.319 e. The molecule has 0 aromatic heterocycles. The van der Waals surface area contributed by atoms with Crippen LogP contribution in [0.5, 0.6) is 0 Å². The van der Waals surface area contributed by atoms with Gasteiger partial charge in [-0.1, -0.05) is 12.1 Å². The number of hydrogen-bond acceptors (Lipinski definition) is 4. The van der Waals surface area contributed by atoms with E-state index >= 15 is 0 Å². The molecule has 1 aromatic rings. The predicted molar refractivity (Wildman–Crippen MR) is 92.2 cm³/mol. The second-order valence-corrected chi connectivity index (χ2v) is 5.91. The molecule has 128 valence electrons. The molecule has 0 saturated carbocycles. The van der Waals surface area contributed by atoms with E-state index < -0.39 is 0 Å². The fourth-order valence-corrected chi connectivity index (χ4v) is 2.81. The zero-order valence-electron chi connectivity index (χ0n) is 14.2. The molecule has 0 bridgehead atoms. The summed E-state index contributed by atoms with van der Waals surface area (Å²) in [5.41, 5.74) is 1.85. The number of methoxy groups -OCH3 is 1. The summed E-state index contributed by atoms with van der Waals surface area (Å²) >= 11 is 0. The van der Waals surface area contributed by atoms with Crippen LogP contribution >= 0.6 is 0 Å². The molecule has 23 heavy (non-hydrogen) atoms. The van der Waals surface area contributed by atoms with E-state index in [9.17, 15) is 4.79 Å². The molecular weight excluding hydrogens is 294 g/mol. The van der Waals surface area contributed by atoms with E-state index in [2.05, 4.69) is 29.4 Å². The van der Waals surface area contributed by atoms with Crippen molar-refractivity contribution >= 4 is 17.4 Å². The van der Waals surface area contributed by atoms with Crippen molar-refractivity contribution in [3.63, 3.8) is 0 Å². The fraction of sp³-hybridized carbons (Fsp3) is 0.588. The van der Waals surface area contributed by atoms with Crippen molar-refractivity contribution in [1.29, 1.82) is 0 Å². The van der Waals surface area contributed by atoms with Gasteiger partial charge in [0.1, 0.15) is 0 Å². The van der Waals surface area contributed by atoms with Crippen molar-refractivity contribution in [2.45, 2.75) is 32.5 Å². The molecule has 1 aromatic carbocycles. The minimum Gasteiger partial charge on any atom is -0.385 e. The summed E-state index contributed by atoms with van der Waals surface area (Å²) in [5, 5.41) is 5.78. The van der Waals surface area contributed by atoms with Gasteiger partial charge < -0.3 is 25.0 Å². The number of anilines is 2. The second kappa shape index (κ2) is 8.74. The quantitative estimate of drug-likeness (QED) is 0.790. The Labute approximate surface area is 138 Å². The zero-order chi connectivity index (χ0) is 16.7. The molecule has 2 atom stereocenters. The Balaban J connectivity index is 1.98. The van der Waals surface area contributed by atoms with E-state index in [0.29, 0.717) is 13.2 Å². The average Bonchev–Trinajstić information content (AvgIpc) is 2.51. The van der Waals surface area contributed by atoms with Crippen LogP contribution in [0.2, 0.25) is 0 Å². The molecule has 0 radical (unpaired) electrons. The minimum atomic E-state index is -0.192. The van der Waals surface area contributed by atoms with Gasteiger partial charge in [0.25, 0.3) is 0 Å². The second-order valence-electron chi connectivity index (χ2n) is 5.91. The van der Waals surface area contributed by atoms with E-state index in [1.54, 1.807) is 7.11 Å². The lowest BCUT2D eigenvalue weighted by Crippen LogP contribution is -2.45. The van der Waals surface area contributed by atoms with E-state index in [4.69, 9.17) is 9.47 Å². The van der Waals surface area contributed by atoms with Gasteiger partial charge in [-0.3, -0.25) is 0 Å². The molecule has 2 unspecified atom stereocenters. The SMILES string of the molecule is COCCCNC(=O)Nc1ccccc1N1CC(C)OC(C)C1.